The normalized spacial score (nSPS) is 21.2. The van der Waals surface area contributed by atoms with Crippen LogP contribution in [0.5, 0.6) is 0 Å². The van der Waals surface area contributed by atoms with E-state index in [1.54, 1.807) is 0 Å². The van der Waals surface area contributed by atoms with Gasteiger partial charge in [-0.15, -0.1) is 23.2 Å². The van der Waals surface area contributed by atoms with E-state index in [0.717, 1.165) is 0 Å². The lowest BCUT2D eigenvalue weighted by Crippen LogP contribution is -2.34. The van der Waals surface area contributed by atoms with Gasteiger partial charge in [-0.1, -0.05) is 6.92 Å². The maximum atomic E-state index is 12.0. The summed E-state index contributed by atoms with van der Waals surface area (Å²) in [5.41, 5.74) is -0.497. The van der Waals surface area contributed by atoms with Gasteiger partial charge in [-0.05, 0) is 33.6 Å². The lowest BCUT2D eigenvalue weighted by Gasteiger charge is -2.24. The highest BCUT2D eigenvalue weighted by Gasteiger charge is 2.55. The van der Waals surface area contributed by atoms with Crippen molar-refractivity contribution in [1.29, 1.82) is 0 Å². The Hall–Kier alpha value is -0.0300. The molecular formula is C12H20Cl2O4. The van der Waals surface area contributed by atoms with E-state index in [-0.39, 0.29) is 17.8 Å². The zero-order valence-electron chi connectivity index (χ0n) is 11.2. The van der Waals surface area contributed by atoms with Gasteiger partial charge in [0.1, 0.15) is 5.60 Å². The Balaban J connectivity index is 2.54. The molecule has 2 atom stereocenters. The van der Waals surface area contributed by atoms with Crippen LogP contribution in [0.2, 0.25) is 0 Å². The highest BCUT2D eigenvalue weighted by Crippen LogP contribution is 2.40. The molecule has 1 heterocycles. The van der Waals surface area contributed by atoms with Crippen molar-refractivity contribution in [2.45, 2.75) is 57.3 Å². The number of rotatable bonds is 6. The zero-order chi connectivity index (χ0) is 14.0. The molecule has 0 amide bonds. The first-order valence-electron chi connectivity index (χ1n) is 6.04. The Kier molecular flexibility index (Phi) is 5.30. The fourth-order valence-electron chi connectivity index (χ4n) is 1.53. The summed E-state index contributed by atoms with van der Waals surface area (Å²) < 4.78 is 5.35. The molecule has 0 aromatic heterocycles. The van der Waals surface area contributed by atoms with Gasteiger partial charge in [0.15, 0.2) is 0 Å². The Bertz CT molecular complexity index is 297. The van der Waals surface area contributed by atoms with Gasteiger partial charge in [0.05, 0.1) is 17.2 Å². The average Bonchev–Trinajstić information content (AvgIpc) is 3.03. The summed E-state index contributed by atoms with van der Waals surface area (Å²) in [6.45, 7) is 7.43. The monoisotopic (exact) mass is 298 g/mol. The minimum Gasteiger partial charge on any atom is -0.460 e. The molecular weight excluding hydrogens is 279 g/mol. The van der Waals surface area contributed by atoms with Crippen LogP contribution in [-0.4, -0.2) is 28.6 Å². The third-order valence-electron chi connectivity index (χ3n) is 2.69. The van der Waals surface area contributed by atoms with Gasteiger partial charge in [-0.25, -0.2) is 0 Å². The number of esters is 1. The summed E-state index contributed by atoms with van der Waals surface area (Å²) in [6.07, 6.45) is 1.07. The van der Waals surface area contributed by atoms with E-state index < -0.39 is 16.8 Å². The molecule has 0 N–H and O–H groups in total. The second-order valence-electron chi connectivity index (χ2n) is 5.45. The third kappa shape index (κ3) is 4.26. The van der Waals surface area contributed by atoms with Crippen molar-refractivity contribution in [2.75, 3.05) is 5.88 Å². The van der Waals surface area contributed by atoms with Crippen LogP contribution in [0.15, 0.2) is 0 Å². The van der Waals surface area contributed by atoms with Gasteiger partial charge in [-0.3, -0.25) is 4.79 Å². The van der Waals surface area contributed by atoms with E-state index in [1.807, 2.05) is 27.7 Å². The summed E-state index contributed by atoms with van der Waals surface area (Å²) in [6, 6.07) is 0. The lowest BCUT2D eigenvalue weighted by atomic mass is 9.97. The first-order chi connectivity index (χ1) is 8.24. The SMILES string of the molecule is CCC(CC(Cl)C1(CCl)OO1)C(=O)OC(C)(C)C. The maximum Gasteiger partial charge on any atom is 0.309 e. The quantitative estimate of drug-likeness (QED) is 0.327. The third-order valence-corrected chi connectivity index (χ3v) is 3.57. The van der Waals surface area contributed by atoms with Crippen LogP contribution in [0, 0.1) is 5.92 Å². The largest absolute Gasteiger partial charge is 0.460 e. The fraction of sp³-hybridized carbons (Fsp3) is 0.917. The van der Waals surface area contributed by atoms with Crippen LogP contribution in [0.4, 0.5) is 0 Å². The first-order valence-corrected chi connectivity index (χ1v) is 7.01. The fourth-order valence-corrected chi connectivity index (χ4v) is 2.25. The van der Waals surface area contributed by atoms with Crippen molar-refractivity contribution >= 4 is 29.2 Å². The van der Waals surface area contributed by atoms with Crippen LogP contribution in [0.25, 0.3) is 0 Å². The van der Waals surface area contributed by atoms with E-state index in [2.05, 4.69) is 0 Å². The number of carbonyl (C=O) groups excluding carboxylic acids is 1. The molecule has 1 fully saturated rings. The number of alkyl halides is 2. The summed E-state index contributed by atoms with van der Waals surface area (Å²) in [7, 11) is 0. The molecule has 1 rings (SSSR count). The molecule has 2 unspecified atom stereocenters. The minimum atomic E-state index is -0.932. The Labute approximate surface area is 118 Å². The predicted octanol–water partition coefficient (Wildman–Crippen LogP) is 3.25. The second-order valence-corrected chi connectivity index (χ2v) is 6.25. The molecule has 1 aliphatic heterocycles. The smallest absolute Gasteiger partial charge is 0.309 e. The molecule has 0 bridgehead atoms. The molecule has 1 saturated heterocycles. The van der Waals surface area contributed by atoms with Gasteiger partial charge in [0, 0.05) is 0 Å². The number of halogens is 2. The molecule has 0 spiro atoms. The molecule has 4 nitrogen and oxygen atoms in total. The average molecular weight is 299 g/mol. The molecule has 0 aromatic carbocycles. The highest BCUT2D eigenvalue weighted by molar-refractivity contribution is 6.23. The summed E-state index contributed by atoms with van der Waals surface area (Å²) in [5, 5.41) is -0.465. The molecule has 6 heteroatoms. The summed E-state index contributed by atoms with van der Waals surface area (Å²) in [5.74, 6) is -1.31. The second kappa shape index (κ2) is 5.95. The van der Waals surface area contributed by atoms with Gasteiger partial charge < -0.3 is 4.74 Å². The number of hydrogen-bond acceptors (Lipinski definition) is 4. The van der Waals surface area contributed by atoms with E-state index in [4.69, 9.17) is 37.7 Å². The number of ether oxygens (including phenoxy) is 1. The molecule has 106 valence electrons. The van der Waals surface area contributed by atoms with E-state index in [0.29, 0.717) is 12.8 Å². The predicted molar refractivity (Wildman–Crippen MR) is 69.5 cm³/mol. The molecule has 1 aliphatic rings. The Morgan fingerprint density at radius 2 is 1.94 bits per heavy atom. The minimum absolute atomic E-state index is 0.145. The molecule has 0 saturated carbocycles. The van der Waals surface area contributed by atoms with Gasteiger partial charge >= 0.3 is 5.97 Å². The highest BCUT2D eigenvalue weighted by atomic mass is 35.5. The lowest BCUT2D eigenvalue weighted by molar-refractivity contribution is -0.160. The van der Waals surface area contributed by atoms with E-state index >= 15 is 0 Å². The van der Waals surface area contributed by atoms with E-state index in [1.165, 1.54) is 0 Å². The molecule has 0 aromatic rings. The summed E-state index contributed by atoms with van der Waals surface area (Å²) >= 11 is 11.9. The van der Waals surface area contributed by atoms with Crippen LogP contribution >= 0.6 is 23.2 Å². The van der Waals surface area contributed by atoms with Gasteiger partial charge in [0.2, 0.25) is 0 Å². The molecule has 0 radical (unpaired) electrons. The van der Waals surface area contributed by atoms with Crippen molar-refractivity contribution in [1.82, 2.24) is 0 Å². The van der Waals surface area contributed by atoms with Crippen LogP contribution in [-0.2, 0) is 19.3 Å². The first kappa shape index (κ1) is 16.0. The topological polar surface area (TPSA) is 51.4 Å². The Morgan fingerprint density at radius 1 is 1.39 bits per heavy atom. The van der Waals surface area contributed by atoms with E-state index in [9.17, 15) is 4.79 Å². The molecule has 18 heavy (non-hydrogen) atoms. The van der Waals surface area contributed by atoms with Crippen LogP contribution in [0.3, 0.4) is 0 Å². The molecule has 0 aliphatic carbocycles. The van der Waals surface area contributed by atoms with Gasteiger partial charge in [0.25, 0.3) is 5.79 Å². The number of carbonyl (C=O) groups is 1. The Morgan fingerprint density at radius 3 is 2.28 bits per heavy atom. The zero-order valence-corrected chi connectivity index (χ0v) is 12.7. The maximum absolute atomic E-state index is 12.0. The van der Waals surface area contributed by atoms with Crippen molar-refractivity contribution < 1.29 is 19.3 Å². The standard InChI is InChI=1S/C12H20Cl2O4/c1-5-8(10(15)16-11(2,3)4)6-9(14)12(7-13)17-18-12/h8-9H,5-7H2,1-4H3. The van der Waals surface area contributed by atoms with Crippen LogP contribution < -0.4 is 0 Å². The van der Waals surface area contributed by atoms with Crippen LogP contribution in [0.1, 0.15) is 40.5 Å². The summed E-state index contributed by atoms with van der Waals surface area (Å²) in [4.78, 5) is 21.6. The van der Waals surface area contributed by atoms with Gasteiger partial charge in [-0.2, -0.15) is 9.78 Å². The van der Waals surface area contributed by atoms with Crippen molar-refractivity contribution in [2.24, 2.45) is 5.92 Å². The van der Waals surface area contributed by atoms with Crippen molar-refractivity contribution in [3.8, 4) is 0 Å². The van der Waals surface area contributed by atoms with Crippen molar-refractivity contribution in [3.05, 3.63) is 0 Å². The van der Waals surface area contributed by atoms with Crippen molar-refractivity contribution in [3.63, 3.8) is 0 Å². The number of hydrogen-bond donors (Lipinski definition) is 0.